The van der Waals surface area contributed by atoms with E-state index in [-0.39, 0.29) is 17.7 Å². The molecule has 0 aliphatic carbocycles. The smallest absolute Gasteiger partial charge is 0.256 e. The maximum atomic E-state index is 13.3. The zero-order valence-corrected chi connectivity index (χ0v) is 63.6. The average molecular weight is 1500 g/mol. The second-order valence-corrected chi connectivity index (χ2v) is 32.0. The Bertz CT molecular complexity index is 4260. The van der Waals surface area contributed by atoms with E-state index in [1.807, 2.05) is 142 Å². The van der Waals surface area contributed by atoms with E-state index in [0.717, 1.165) is 187 Å². The van der Waals surface area contributed by atoms with Gasteiger partial charge in [-0.25, -0.2) is 0 Å². The van der Waals surface area contributed by atoms with Crippen molar-refractivity contribution in [1.29, 1.82) is 0 Å². The first-order valence-corrected chi connectivity index (χ1v) is 39.3. The molecule has 0 saturated carbocycles. The molecule has 103 heavy (non-hydrogen) atoms. The van der Waals surface area contributed by atoms with Crippen LogP contribution in [0.1, 0.15) is 119 Å². The highest BCUT2D eigenvalue weighted by Crippen LogP contribution is 2.37. The highest BCUT2D eigenvalue weighted by molar-refractivity contribution is 6.43. The van der Waals surface area contributed by atoms with Gasteiger partial charge in [0.1, 0.15) is 0 Å². The largest absolute Gasteiger partial charge is 0.339 e. The van der Waals surface area contributed by atoms with Crippen molar-refractivity contribution in [2.24, 2.45) is 35.5 Å². The highest BCUT2D eigenvalue weighted by atomic mass is 35.5. The number of para-hydroxylation sites is 2. The maximum absolute atomic E-state index is 13.3. The van der Waals surface area contributed by atoms with E-state index >= 15 is 0 Å². The van der Waals surface area contributed by atoms with Crippen LogP contribution in [0.2, 0.25) is 30.1 Å². The summed E-state index contributed by atoms with van der Waals surface area (Å²) < 4.78 is 0. The molecule has 0 radical (unpaired) electrons. The number of pyridine rings is 3. The van der Waals surface area contributed by atoms with Crippen molar-refractivity contribution in [1.82, 2.24) is 44.4 Å². The molecule has 6 aromatic carbocycles. The van der Waals surface area contributed by atoms with Gasteiger partial charge in [-0.1, -0.05) is 150 Å². The number of nitrogens with zero attached hydrogens (tertiary/aromatic N) is 9. The normalized spacial score (nSPS) is 22.1. The Morgan fingerprint density at radius 2 is 0.864 bits per heavy atom. The molecular formula is C85H93Cl6N9O3. The number of hydrogen-bond donors (Lipinski definition) is 0. The number of carbonyl (C=O) groups excluding carboxylic acids is 3. The number of piperidine rings is 6. The Labute approximate surface area is 637 Å². The fraction of sp³-hybridized carbons (Fsp3) is 0.412. The number of halogens is 6. The second kappa shape index (κ2) is 34.7. The summed E-state index contributed by atoms with van der Waals surface area (Å²) in [6.45, 7) is 20.4. The first-order chi connectivity index (χ1) is 50.0. The van der Waals surface area contributed by atoms with Crippen molar-refractivity contribution in [2.75, 3.05) is 78.5 Å². The van der Waals surface area contributed by atoms with Gasteiger partial charge in [-0.3, -0.25) is 44.0 Å². The molecule has 15 rings (SSSR count). The summed E-state index contributed by atoms with van der Waals surface area (Å²) in [4.78, 5) is 66.9. The fourth-order valence-corrected chi connectivity index (χ4v) is 18.1. The molecule has 9 heterocycles. The molecule has 6 aliphatic heterocycles. The molecule has 6 fully saturated rings. The summed E-state index contributed by atoms with van der Waals surface area (Å²) in [7, 11) is 0. The van der Waals surface area contributed by atoms with E-state index in [0.29, 0.717) is 89.3 Å². The average Bonchev–Trinajstić information content (AvgIpc) is 0.801. The lowest BCUT2D eigenvalue weighted by atomic mass is 9.80. The van der Waals surface area contributed by atoms with E-state index in [1.165, 1.54) is 29.5 Å². The van der Waals surface area contributed by atoms with Gasteiger partial charge in [0.15, 0.2) is 0 Å². The molecule has 0 bridgehead atoms. The van der Waals surface area contributed by atoms with Crippen molar-refractivity contribution < 1.29 is 14.4 Å². The zero-order chi connectivity index (χ0) is 71.7. The summed E-state index contributed by atoms with van der Waals surface area (Å²) in [6.07, 6.45) is 20.2. The van der Waals surface area contributed by atoms with Gasteiger partial charge in [0.05, 0.1) is 57.8 Å². The third-order valence-corrected chi connectivity index (χ3v) is 25.4. The number of hydrogen-bond acceptors (Lipinski definition) is 9. The van der Waals surface area contributed by atoms with Crippen LogP contribution in [-0.4, -0.2) is 159 Å². The first kappa shape index (κ1) is 74.6. The van der Waals surface area contributed by atoms with Gasteiger partial charge < -0.3 is 14.7 Å². The SMILES string of the molecule is C=C[C@@H]1CN(C2CCN(C(=O)c3ccc4ncccc4c3)CC2)CCC1Cc1ccc(Cl)c(Cl)c1.CC1CN(C2CCN(C(=O)c3cccc4cccnc34)CC2)CCC1Cc1ccc(Cl)c(Cl)c1.CC1CN(C2CCN(C(=O)c3ccnc4ccccc34)CC2)CCC1Cc1ccc(Cl)c(Cl)c1. The number of amides is 3. The van der Waals surface area contributed by atoms with Gasteiger partial charge in [-0.15, -0.1) is 6.58 Å². The van der Waals surface area contributed by atoms with Crippen LogP contribution in [0.25, 0.3) is 32.7 Å². The van der Waals surface area contributed by atoms with Gasteiger partial charge in [-0.05, 0) is 234 Å². The summed E-state index contributed by atoms with van der Waals surface area (Å²) in [5.74, 6) is 3.95. The first-order valence-electron chi connectivity index (χ1n) is 37.1. The van der Waals surface area contributed by atoms with Gasteiger partial charge >= 0.3 is 0 Å². The second-order valence-electron chi connectivity index (χ2n) is 29.6. The van der Waals surface area contributed by atoms with E-state index in [4.69, 9.17) is 69.6 Å². The van der Waals surface area contributed by atoms with Crippen LogP contribution in [0.3, 0.4) is 0 Å². The van der Waals surface area contributed by atoms with Crippen molar-refractivity contribution in [3.63, 3.8) is 0 Å². The van der Waals surface area contributed by atoms with E-state index < -0.39 is 0 Å². The lowest BCUT2D eigenvalue weighted by Gasteiger charge is -2.44. The van der Waals surface area contributed by atoms with Crippen molar-refractivity contribution in [2.45, 2.75) is 109 Å². The quantitative estimate of drug-likeness (QED) is 0.104. The standard InChI is InChI=1S/C29H31Cl2N3O.2C28H31Cl2N3O/c1-2-21-19-34(13-9-22(21)16-20-5-7-26(30)27(31)17-20)25-10-14-33(15-11-25)29(35)24-6-8-28-23(18-24)4-3-12-32-28;1-19-18-33(13-9-22(19)16-20-7-8-25(29)26(30)17-20)23-10-14-32(15-11-23)28(34)24-6-2-4-21-5-3-12-31-27(21)24;1-19-18-33(13-9-21(19)16-20-6-7-25(29)26(30)17-20)22-10-14-32(15-11-22)28(34)24-8-12-31-27-5-3-2-4-23(24)27/h2-8,12,17-18,21-22,25H,1,9-11,13-16,19H2;2-8,12,17,19,22-23H,9-11,13-16,18H2,1H3;2-8,12,17,19,21-22H,9-11,13-16,18H2,1H3/t21-,22?;;/m1../s1. The molecule has 12 nitrogen and oxygen atoms in total. The minimum absolute atomic E-state index is 0.108. The molecule has 3 aromatic heterocycles. The van der Waals surface area contributed by atoms with Crippen LogP contribution >= 0.6 is 69.6 Å². The highest BCUT2D eigenvalue weighted by Gasteiger charge is 2.37. The monoisotopic (exact) mass is 1500 g/mol. The molecule has 0 spiro atoms. The lowest BCUT2D eigenvalue weighted by Crippen LogP contribution is -2.51. The van der Waals surface area contributed by atoms with Gasteiger partial charge in [0.25, 0.3) is 17.7 Å². The summed E-state index contributed by atoms with van der Waals surface area (Å²) >= 11 is 36.9. The lowest BCUT2D eigenvalue weighted by molar-refractivity contribution is 0.0433. The van der Waals surface area contributed by atoms with Crippen LogP contribution in [0.5, 0.6) is 0 Å². The van der Waals surface area contributed by atoms with Gasteiger partial charge in [-0.2, -0.15) is 0 Å². The predicted molar refractivity (Wildman–Crippen MR) is 424 cm³/mol. The molecule has 6 saturated heterocycles. The minimum Gasteiger partial charge on any atom is -0.339 e. The Balaban J connectivity index is 0.000000138. The van der Waals surface area contributed by atoms with Crippen LogP contribution in [0, 0.1) is 35.5 Å². The number of aromatic nitrogens is 3. The zero-order valence-electron chi connectivity index (χ0n) is 59.1. The van der Waals surface area contributed by atoms with Crippen molar-refractivity contribution in [3.8, 4) is 0 Å². The third-order valence-electron chi connectivity index (χ3n) is 23.2. The van der Waals surface area contributed by atoms with Gasteiger partial charge in [0.2, 0.25) is 0 Å². The van der Waals surface area contributed by atoms with Crippen LogP contribution in [0.15, 0.2) is 177 Å². The Morgan fingerprint density at radius 1 is 0.408 bits per heavy atom. The summed E-state index contributed by atoms with van der Waals surface area (Å²) in [5.41, 5.74) is 8.61. The number of carbonyl (C=O) groups is 3. The third kappa shape index (κ3) is 18.2. The maximum Gasteiger partial charge on any atom is 0.256 e. The van der Waals surface area contributed by atoms with E-state index in [1.54, 1.807) is 18.6 Å². The van der Waals surface area contributed by atoms with Crippen LogP contribution in [0.4, 0.5) is 0 Å². The minimum atomic E-state index is 0.108. The van der Waals surface area contributed by atoms with Crippen molar-refractivity contribution in [3.05, 3.63) is 240 Å². The Hall–Kier alpha value is -6.68. The molecule has 0 N–H and O–H groups in total. The summed E-state index contributed by atoms with van der Waals surface area (Å²) in [6, 6.07) is 48.9. The molecule has 5 unspecified atom stereocenters. The number of fused-ring (bicyclic) bond motifs is 3. The number of rotatable bonds is 13. The molecular weight excluding hydrogens is 1410 g/mol. The molecule has 6 atom stereocenters. The van der Waals surface area contributed by atoms with E-state index in [9.17, 15) is 14.4 Å². The Morgan fingerprint density at radius 3 is 1.39 bits per heavy atom. The molecule has 538 valence electrons. The molecule has 9 aromatic rings. The van der Waals surface area contributed by atoms with Gasteiger partial charge in [0, 0.05) is 117 Å². The Kier molecular flexibility index (Phi) is 25.1. The number of benzene rings is 6. The molecule has 3 amide bonds. The van der Waals surface area contributed by atoms with E-state index in [2.05, 4.69) is 74.4 Å². The molecule has 6 aliphatic rings. The number of likely N-dealkylation sites (tertiary alicyclic amines) is 6. The predicted octanol–water partition coefficient (Wildman–Crippen LogP) is 19.2. The van der Waals surface area contributed by atoms with Crippen LogP contribution < -0.4 is 0 Å². The summed E-state index contributed by atoms with van der Waals surface area (Å²) in [5, 5.41) is 6.72. The topological polar surface area (TPSA) is 109 Å². The fourth-order valence-electron chi connectivity index (χ4n) is 17.1. The van der Waals surface area contributed by atoms with Crippen molar-refractivity contribution >= 4 is 120 Å². The van der Waals surface area contributed by atoms with Crippen LogP contribution in [-0.2, 0) is 19.3 Å². The molecule has 18 heteroatoms.